The van der Waals surface area contributed by atoms with Gasteiger partial charge in [-0.25, -0.2) is 4.79 Å². The summed E-state index contributed by atoms with van der Waals surface area (Å²) in [7, 11) is 0. The number of aromatic carboxylic acids is 1. The molecule has 0 amide bonds. The van der Waals surface area contributed by atoms with Crippen molar-refractivity contribution in [3.05, 3.63) is 64.2 Å². The molecule has 0 saturated heterocycles. The highest BCUT2D eigenvalue weighted by Gasteiger charge is 2.24. The van der Waals surface area contributed by atoms with Gasteiger partial charge in [0.15, 0.2) is 0 Å². The van der Waals surface area contributed by atoms with Gasteiger partial charge < -0.3 is 5.11 Å². The Morgan fingerprint density at radius 3 is 2.37 bits per heavy atom. The van der Waals surface area contributed by atoms with E-state index >= 15 is 0 Å². The third-order valence-corrected chi connectivity index (χ3v) is 3.44. The van der Waals surface area contributed by atoms with Crippen LogP contribution < -0.4 is 0 Å². The van der Waals surface area contributed by atoms with Crippen LogP contribution in [-0.2, 0) is 0 Å². The van der Waals surface area contributed by atoms with Crippen LogP contribution in [0.25, 0.3) is 0 Å². The summed E-state index contributed by atoms with van der Waals surface area (Å²) in [4.78, 5) is 22.6. The lowest BCUT2D eigenvalue weighted by molar-refractivity contribution is -0.388. The monoisotopic (exact) mass is 275 g/mol. The molecule has 1 N–H and O–H groups in total. The molecule has 0 unspecified atom stereocenters. The molecule has 5 nitrogen and oxygen atoms in total. The van der Waals surface area contributed by atoms with Gasteiger partial charge in [-0.3, -0.25) is 10.1 Å². The topological polar surface area (TPSA) is 80.4 Å². The highest BCUT2D eigenvalue weighted by Crippen LogP contribution is 2.36. The first-order valence-corrected chi connectivity index (χ1v) is 6.15. The second kappa shape index (κ2) is 5.53. The van der Waals surface area contributed by atoms with Crippen LogP contribution >= 0.6 is 11.8 Å². The Balaban J connectivity index is 2.48. The van der Waals surface area contributed by atoms with Crippen LogP contribution in [0.3, 0.4) is 0 Å². The second-order valence-electron chi connectivity index (χ2n) is 3.63. The van der Waals surface area contributed by atoms with Crippen LogP contribution in [0, 0.1) is 10.1 Å². The molecule has 0 spiro atoms. The molecule has 96 valence electrons. The number of carboxylic acids is 1. The zero-order valence-electron chi connectivity index (χ0n) is 9.65. The Bertz CT molecular complexity index is 628. The number of carboxylic acid groups (broad SMARTS) is 1. The summed E-state index contributed by atoms with van der Waals surface area (Å²) in [6.07, 6.45) is 0. The minimum atomic E-state index is -1.30. The van der Waals surface area contributed by atoms with E-state index in [9.17, 15) is 14.9 Å². The highest BCUT2D eigenvalue weighted by molar-refractivity contribution is 7.99. The number of hydrogen-bond acceptors (Lipinski definition) is 4. The summed E-state index contributed by atoms with van der Waals surface area (Å²) in [6.45, 7) is 0. The average Bonchev–Trinajstić information content (AvgIpc) is 2.39. The second-order valence-corrected chi connectivity index (χ2v) is 4.75. The summed E-state index contributed by atoms with van der Waals surface area (Å²) >= 11 is 1.17. The van der Waals surface area contributed by atoms with E-state index in [1.165, 1.54) is 23.9 Å². The van der Waals surface area contributed by atoms with Gasteiger partial charge in [0.05, 0.1) is 9.82 Å². The van der Waals surface area contributed by atoms with E-state index in [4.69, 9.17) is 5.11 Å². The van der Waals surface area contributed by atoms with E-state index in [1.807, 2.05) is 30.3 Å². The molecule has 0 aromatic heterocycles. The van der Waals surface area contributed by atoms with Gasteiger partial charge in [-0.2, -0.15) is 0 Å². The SMILES string of the molecule is O=C(O)c1cccc(Sc2ccccc2)c1[N+](=O)[O-]. The Kier molecular flexibility index (Phi) is 3.82. The first-order valence-electron chi connectivity index (χ1n) is 5.33. The van der Waals surface area contributed by atoms with Crippen molar-refractivity contribution in [3.8, 4) is 0 Å². The number of carbonyl (C=O) groups is 1. The van der Waals surface area contributed by atoms with E-state index in [1.54, 1.807) is 6.07 Å². The molecule has 6 heteroatoms. The van der Waals surface area contributed by atoms with E-state index in [2.05, 4.69) is 0 Å². The highest BCUT2D eigenvalue weighted by atomic mass is 32.2. The van der Waals surface area contributed by atoms with Crippen molar-refractivity contribution in [1.82, 2.24) is 0 Å². The molecular formula is C13H9NO4S. The molecule has 0 aliphatic carbocycles. The molecule has 2 aromatic rings. The summed E-state index contributed by atoms with van der Waals surface area (Å²) in [5, 5.41) is 20.1. The first-order chi connectivity index (χ1) is 9.09. The molecule has 0 radical (unpaired) electrons. The van der Waals surface area contributed by atoms with Crippen molar-refractivity contribution in [3.63, 3.8) is 0 Å². The molecule has 19 heavy (non-hydrogen) atoms. The average molecular weight is 275 g/mol. The number of nitro groups is 1. The minimum absolute atomic E-state index is 0.300. The standard InChI is InChI=1S/C13H9NO4S/c15-13(16)10-7-4-8-11(12(10)14(17)18)19-9-5-2-1-3-6-9/h1-8H,(H,15,16). The van der Waals surface area contributed by atoms with Crippen LogP contribution in [-0.4, -0.2) is 16.0 Å². The third-order valence-electron chi connectivity index (χ3n) is 2.38. The molecule has 0 heterocycles. The van der Waals surface area contributed by atoms with Gasteiger partial charge in [0, 0.05) is 4.90 Å². The largest absolute Gasteiger partial charge is 0.477 e. The lowest BCUT2D eigenvalue weighted by Gasteiger charge is -2.05. The van der Waals surface area contributed by atoms with Crippen LogP contribution in [0.2, 0.25) is 0 Å². The maximum Gasteiger partial charge on any atom is 0.342 e. The van der Waals surface area contributed by atoms with Crippen molar-refractivity contribution >= 4 is 23.4 Å². The zero-order valence-corrected chi connectivity index (χ0v) is 10.5. The van der Waals surface area contributed by atoms with E-state index < -0.39 is 10.9 Å². The van der Waals surface area contributed by atoms with Crippen LogP contribution in [0.4, 0.5) is 5.69 Å². The van der Waals surface area contributed by atoms with Gasteiger partial charge in [0.1, 0.15) is 5.56 Å². The normalized spacial score (nSPS) is 10.1. The molecule has 2 rings (SSSR count). The molecule has 0 atom stereocenters. The lowest BCUT2D eigenvalue weighted by Crippen LogP contribution is -2.03. The fourth-order valence-electron chi connectivity index (χ4n) is 1.58. The smallest absolute Gasteiger partial charge is 0.342 e. The maximum atomic E-state index is 11.1. The number of hydrogen-bond donors (Lipinski definition) is 1. The number of nitrogens with zero attached hydrogens (tertiary/aromatic N) is 1. The van der Waals surface area contributed by atoms with Crippen molar-refractivity contribution in [1.29, 1.82) is 0 Å². The molecule has 0 aliphatic heterocycles. The minimum Gasteiger partial charge on any atom is -0.477 e. The van der Waals surface area contributed by atoms with Gasteiger partial charge in [0.2, 0.25) is 0 Å². The van der Waals surface area contributed by atoms with E-state index in [-0.39, 0.29) is 11.3 Å². The zero-order chi connectivity index (χ0) is 13.8. The summed E-state index contributed by atoms with van der Waals surface area (Å²) in [5.41, 5.74) is -0.671. The van der Waals surface area contributed by atoms with Crippen molar-refractivity contribution < 1.29 is 14.8 Å². The molecular weight excluding hydrogens is 266 g/mol. The number of para-hydroxylation sites is 1. The van der Waals surface area contributed by atoms with Gasteiger partial charge >= 0.3 is 5.97 Å². The quantitative estimate of drug-likeness (QED) is 0.682. The molecule has 0 saturated carbocycles. The van der Waals surface area contributed by atoms with Crippen LogP contribution in [0.5, 0.6) is 0 Å². The summed E-state index contributed by atoms with van der Waals surface area (Å²) < 4.78 is 0. The predicted molar refractivity (Wildman–Crippen MR) is 70.6 cm³/mol. The Morgan fingerprint density at radius 2 is 1.79 bits per heavy atom. The molecule has 0 aliphatic rings. The van der Waals surface area contributed by atoms with Gasteiger partial charge in [-0.05, 0) is 24.3 Å². The van der Waals surface area contributed by atoms with Crippen LogP contribution in [0.15, 0.2) is 58.3 Å². The molecule has 2 aromatic carbocycles. The third kappa shape index (κ3) is 2.92. The fourth-order valence-corrected chi connectivity index (χ4v) is 2.56. The Morgan fingerprint density at radius 1 is 1.11 bits per heavy atom. The number of benzene rings is 2. The van der Waals surface area contributed by atoms with Gasteiger partial charge in [-0.15, -0.1) is 0 Å². The van der Waals surface area contributed by atoms with E-state index in [0.29, 0.717) is 4.90 Å². The number of rotatable bonds is 4. The van der Waals surface area contributed by atoms with Crippen molar-refractivity contribution in [2.45, 2.75) is 9.79 Å². The van der Waals surface area contributed by atoms with E-state index in [0.717, 1.165) is 4.90 Å². The molecule has 0 bridgehead atoms. The van der Waals surface area contributed by atoms with Crippen LogP contribution in [0.1, 0.15) is 10.4 Å². The van der Waals surface area contributed by atoms with Gasteiger partial charge in [-0.1, -0.05) is 36.0 Å². The Hall–Kier alpha value is -2.34. The summed E-state index contributed by atoms with van der Waals surface area (Å²) in [5.74, 6) is -1.30. The van der Waals surface area contributed by atoms with Gasteiger partial charge in [0.25, 0.3) is 5.69 Å². The fraction of sp³-hybridized carbons (Fsp3) is 0. The van der Waals surface area contributed by atoms with Crippen molar-refractivity contribution in [2.75, 3.05) is 0 Å². The summed E-state index contributed by atoms with van der Waals surface area (Å²) in [6, 6.07) is 13.4. The van der Waals surface area contributed by atoms with Crippen molar-refractivity contribution in [2.24, 2.45) is 0 Å². The predicted octanol–water partition coefficient (Wildman–Crippen LogP) is 3.44. The molecule has 0 fully saturated rings. The lowest BCUT2D eigenvalue weighted by atomic mass is 10.2. The Labute approximate surface area is 113 Å². The number of nitro benzene ring substituents is 1. The first kappa shape index (κ1) is 13.1. The maximum absolute atomic E-state index is 11.1.